The molecule has 6 heteroatoms. The fraction of sp³-hybridized carbons (Fsp3) is 0.769. The van der Waals surface area contributed by atoms with Crippen molar-refractivity contribution in [3.8, 4) is 0 Å². The highest BCUT2D eigenvalue weighted by atomic mass is 16.4. The number of aliphatic carboxylic acids is 1. The van der Waals surface area contributed by atoms with Gasteiger partial charge in [-0.05, 0) is 31.1 Å². The van der Waals surface area contributed by atoms with E-state index in [4.69, 9.17) is 10.8 Å². The van der Waals surface area contributed by atoms with Crippen LogP contribution in [0.1, 0.15) is 38.5 Å². The summed E-state index contributed by atoms with van der Waals surface area (Å²) >= 11 is 0. The Labute approximate surface area is 111 Å². The Hall–Kier alpha value is -1.59. The number of primary amides is 1. The molecule has 6 nitrogen and oxygen atoms in total. The molecular formula is C13H20N2O4. The predicted molar refractivity (Wildman–Crippen MR) is 66.9 cm³/mol. The van der Waals surface area contributed by atoms with Crippen molar-refractivity contribution in [1.29, 1.82) is 0 Å². The van der Waals surface area contributed by atoms with Crippen LogP contribution in [-0.2, 0) is 14.4 Å². The normalized spacial score (nSPS) is 30.0. The van der Waals surface area contributed by atoms with E-state index in [1.165, 1.54) is 0 Å². The minimum atomic E-state index is -1.11. The first-order valence-electron chi connectivity index (χ1n) is 6.82. The van der Waals surface area contributed by atoms with Gasteiger partial charge in [-0.15, -0.1) is 0 Å². The summed E-state index contributed by atoms with van der Waals surface area (Å²) in [6, 6.07) is -1.01. The topological polar surface area (TPSA) is 109 Å². The van der Waals surface area contributed by atoms with Crippen molar-refractivity contribution in [2.45, 2.75) is 44.6 Å². The molecule has 0 bridgehead atoms. The predicted octanol–water partition coefficient (Wildman–Crippen LogP) is 0.257. The second kappa shape index (κ2) is 5.59. The lowest BCUT2D eigenvalue weighted by molar-refractivity contribution is -0.142. The van der Waals surface area contributed by atoms with Crippen LogP contribution in [0.15, 0.2) is 0 Å². The third kappa shape index (κ3) is 3.24. The molecule has 0 saturated heterocycles. The van der Waals surface area contributed by atoms with Crippen molar-refractivity contribution in [2.24, 2.45) is 23.5 Å². The molecule has 4 N–H and O–H groups in total. The van der Waals surface area contributed by atoms with E-state index in [0.717, 1.165) is 25.7 Å². The van der Waals surface area contributed by atoms with Gasteiger partial charge in [-0.3, -0.25) is 9.59 Å². The van der Waals surface area contributed by atoms with Crippen LogP contribution in [0.4, 0.5) is 0 Å². The summed E-state index contributed by atoms with van der Waals surface area (Å²) in [5.41, 5.74) is 4.99. The van der Waals surface area contributed by atoms with E-state index >= 15 is 0 Å². The maximum Gasteiger partial charge on any atom is 0.326 e. The molecule has 106 valence electrons. The number of amides is 2. The fourth-order valence-corrected chi connectivity index (χ4v) is 3.19. The highest BCUT2D eigenvalue weighted by Crippen LogP contribution is 2.55. The Morgan fingerprint density at radius 1 is 1.21 bits per heavy atom. The van der Waals surface area contributed by atoms with Crippen LogP contribution in [0.5, 0.6) is 0 Å². The number of carbonyl (C=O) groups excluding carboxylic acids is 2. The zero-order chi connectivity index (χ0) is 14.0. The van der Waals surface area contributed by atoms with Gasteiger partial charge in [0.1, 0.15) is 6.04 Å². The van der Waals surface area contributed by atoms with Gasteiger partial charge in [0.05, 0.1) is 0 Å². The summed E-state index contributed by atoms with van der Waals surface area (Å²) in [6.45, 7) is 0. The zero-order valence-electron chi connectivity index (χ0n) is 10.8. The summed E-state index contributed by atoms with van der Waals surface area (Å²) in [4.78, 5) is 33.8. The van der Waals surface area contributed by atoms with E-state index in [9.17, 15) is 14.4 Å². The van der Waals surface area contributed by atoms with E-state index in [2.05, 4.69) is 5.32 Å². The summed E-state index contributed by atoms with van der Waals surface area (Å²) < 4.78 is 0. The fourth-order valence-electron chi connectivity index (χ4n) is 3.19. The summed E-state index contributed by atoms with van der Waals surface area (Å²) in [7, 11) is 0. The lowest BCUT2D eigenvalue weighted by Crippen LogP contribution is -2.42. The molecule has 2 unspecified atom stereocenters. The molecule has 0 heterocycles. The van der Waals surface area contributed by atoms with Gasteiger partial charge in [0, 0.05) is 12.3 Å². The minimum Gasteiger partial charge on any atom is -0.480 e. The monoisotopic (exact) mass is 268 g/mol. The second-order valence-corrected chi connectivity index (χ2v) is 5.54. The van der Waals surface area contributed by atoms with Crippen molar-refractivity contribution in [3.63, 3.8) is 0 Å². The average molecular weight is 268 g/mol. The number of fused-ring (bicyclic) bond motifs is 1. The molecule has 0 spiro atoms. The molecule has 0 aromatic carbocycles. The summed E-state index contributed by atoms with van der Waals surface area (Å²) in [5, 5.41) is 11.6. The lowest BCUT2D eigenvalue weighted by Gasteiger charge is -2.13. The van der Waals surface area contributed by atoms with Gasteiger partial charge in [-0.2, -0.15) is 0 Å². The molecule has 2 aliphatic carbocycles. The molecule has 0 radical (unpaired) electrons. The Balaban J connectivity index is 1.85. The van der Waals surface area contributed by atoms with Crippen molar-refractivity contribution < 1.29 is 19.5 Å². The van der Waals surface area contributed by atoms with Crippen LogP contribution in [-0.4, -0.2) is 28.9 Å². The quantitative estimate of drug-likeness (QED) is 0.641. The van der Waals surface area contributed by atoms with Gasteiger partial charge in [0.15, 0.2) is 0 Å². The molecule has 2 fully saturated rings. The Morgan fingerprint density at radius 3 is 2.26 bits per heavy atom. The molecule has 3 atom stereocenters. The Kier molecular flexibility index (Phi) is 4.07. The van der Waals surface area contributed by atoms with E-state index in [0.29, 0.717) is 11.8 Å². The van der Waals surface area contributed by atoms with Gasteiger partial charge in [0.25, 0.3) is 0 Å². The van der Waals surface area contributed by atoms with E-state index in [-0.39, 0.29) is 24.7 Å². The number of hydrogen-bond donors (Lipinski definition) is 3. The van der Waals surface area contributed by atoms with Crippen molar-refractivity contribution in [3.05, 3.63) is 0 Å². The number of rotatable bonds is 6. The molecular weight excluding hydrogens is 248 g/mol. The van der Waals surface area contributed by atoms with E-state index in [1.807, 2.05) is 0 Å². The number of carboxylic acids is 1. The standard InChI is InChI=1S/C13H20N2O4/c14-10(16)6-5-9(13(18)19)15-12(17)11-7-3-1-2-4-8(7)11/h7-9,11H,1-6H2,(H2,14,16)(H,15,17)(H,18,19)/t7?,8?,9-,11?/m1/s1. The Bertz CT molecular complexity index is 384. The molecule has 2 rings (SSSR count). The first-order valence-corrected chi connectivity index (χ1v) is 6.82. The van der Waals surface area contributed by atoms with Crippen LogP contribution >= 0.6 is 0 Å². The molecule has 2 amide bonds. The van der Waals surface area contributed by atoms with Gasteiger partial charge in [-0.25, -0.2) is 4.79 Å². The third-order valence-electron chi connectivity index (χ3n) is 4.25. The third-order valence-corrected chi connectivity index (χ3v) is 4.25. The first kappa shape index (κ1) is 13.8. The van der Waals surface area contributed by atoms with Crippen LogP contribution in [0.3, 0.4) is 0 Å². The number of nitrogens with one attached hydrogen (secondary N) is 1. The number of nitrogens with two attached hydrogens (primary N) is 1. The molecule has 2 saturated carbocycles. The molecule has 0 aliphatic heterocycles. The van der Waals surface area contributed by atoms with Crippen molar-refractivity contribution in [2.75, 3.05) is 0 Å². The Morgan fingerprint density at radius 2 is 1.79 bits per heavy atom. The van der Waals surface area contributed by atoms with Gasteiger partial charge >= 0.3 is 5.97 Å². The maximum absolute atomic E-state index is 12.0. The molecule has 19 heavy (non-hydrogen) atoms. The van der Waals surface area contributed by atoms with Crippen LogP contribution in [0.25, 0.3) is 0 Å². The lowest BCUT2D eigenvalue weighted by atomic mass is 10.0. The molecule has 0 aromatic rings. The molecule has 0 aromatic heterocycles. The van der Waals surface area contributed by atoms with Crippen molar-refractivity contribution in [1.82, 2.24) is 5.32 Å². The SMILES string of the molecule is NC(=O)CC[C@@H](NC(=O)C1C2CCCCC21)C(=O)O. The highest BCUT2D eigenvalue weighted by molar-refractivity contribution is 5.87. The maximum atomic E-state index is 12.0. The summed E-state index contributed by atoms with van der Waals surface area (Å²) in [6.07, 6.45) is 4.49. The van der Waals surface area contributed by atoms with Crippen molar-refractivity contribution >= 4 is 17.8 Å². The van der Waals surface area contributed by atoms with Crippen LogP contribution < -0.4 is 11.1 Å². The smallest absolute Gasteiger partial charge is 0.326 e. The number of carboxylic acid groups (broad SMARTS) is 1. The number of carbonyl (C=O) groups is 3. The van der Waals surface area contributed by atoms with Crippen LogP contribution in [0.2, 0.25) is 0 Å². The van der Waals surface area contributed by atoms with Gasteiger partial charge in [0.2, 0.25) is 11.8 Å². The van der Waals surface area contributed by atoms with E-state index < -0.39 is 17.9 Å². The van der Waals surface area contributed by atoms with Crippen LogP contribution in [0, 0.1) is 17.8 Å². The highest BCUT2D eigenvalue weighted by Gasteiger charge is 2.55. The van der Waals surface area contributed by atoms with Gasteiger partial charge < -0.3 is 16.2 Å². The second-order valence-electron chi connectivity index (χ2n) is 5.54. The first-order chi connectivity index (χ1) is 9.00. The minimum absolute atomic E-state index is 0.0158. The molecule has 2 aliphatic rings. The largest absolute Gasteiger partial charge is 0.480 e. The summed E-state index contributed by atoms with van der Waals surface area (Å²) in [5.74, 6) is -0.968. The zero-order valence-corrected chi connectivity index (χ0v) is 10.8. The van der Waals surface area contributed by atoms with E-state index in [1.54, 1.807) is 0 Å². The van der Waals surface area contributed by atoms with Gasteiger partial charge in [-0.1, -0.05) is 12.8 Å². The number of hydrogen-bond acceptors (Lipinski definition) is 3. The average Bonchev–Trinajstić information content (AvgIpc) is 3.07.